The number of rotatable bonds is 2. The van der Waals surface area contributed by atoms with E-state index in [1.165, 1.54) is 18.9 Å². The van der Waals surface area contributed by atoms with Crippen molar-refractivity contribution in [1.82, 2.24) is 29.3 Å². The Morgan fingerprint density at radius 3 is 2.59 bits per heavy atom. The number of aryl methyl sites for hydroxylation is 1. The van der Waals surface area contributed by atoms with E-state index in [1.54, 1.807) is 21.6 Å². The van der Waals surface area contributed by atoms with E-state index in [2.05, 4.69) is 21.8 Å². The fourth-order valence-corrected chi connectivity index (χ4v) is 3.34. The molecule has 3 aromatic heterocycles. The first kappa shape index (κ1) is 19.0. The van der Waals surface area contributed by atoms with Crippen LogP contribution in [-0.2, 0) is 11.8 Å². The molecule has 4 rings (SSSR count). The fourth-order valence-electron chi connectivity index (χ4n) is 3.07. The summed E-state index contributed by atoms with van der Waals surface area (Å²) in [6.45, 7) is 5.32. The number of nitrogens with zero attached hydrogens (tertiary/aromatic N) is 5. The van der Waals surface area contributed by atoms with Crippen LogP contribution in [0, 0.1) is 4.64 Å². The van der Waals surface area contributed by atoms with Gasteiger partial charge in [-0.05, 0) is 25.0 Å². The first-order valence-electron chi connectivity index (χ1n) is 9.05. The molecule has 1 fully saturated rings. The Labute approximate surface area is 163 Å². The van der Waals surface area contributed by atoms with Crippen LogP contribution in [0.2, 0.25) is 0 Å². The van der Waals surface area contributed by atoms with Gasteiger partial charge < -0.3 is 9.88 Å². The number of hydrogen-bond acceptors (Lipinski definition) is 4. The molecule has 0 aromatic carbocycles. The number of likely N-dealkylation sites (tertiary alicyclic amines) is 1. The molecule has 0 atom stereocenters. The number of H-pyrrole nitrogens is 1. The van der Waals surface area contributed by atoms with Crippen molar-refractivity contribution < 1.29 is 4.79 Å². The molecule has 8 heteroatoms. The maximum absolute atomic E-state index is 11.1. The van der Waals surface area contributed by atoms with E-state index in [-0.39, 0.29) is 5.91 Å². The average Bonchev–Trinajstić information content (AvgIpc) is 3.23. The van der Waals surface area contributed by atoms with E-state index < -0.39 is 0 Å². The standard InChI is InChI=1S/C10H9N5S.C9H15NO/c1-14-5-7(4-12-14)8-6-15-9(2-3-11-15)10(16)13-8;1-2-9(11)10-7-5-3-4-6-8-10/h2-6H,1H3,(H,13,16);2H,1,3-8H2. The molecule has 3 aromatic rings. The molecule has 7 nitrogen and oxygen atoms in total. The number of carbonyl (C=O) groups excluding carboxylic acids is 1. The van der Waals surface area contributed by atoms with Crippen LogP contribution in [0.5, 0.6) is 0 Å². The van der Waals surface area contributed by atoms with Crippen LogP contribution in [0.3, 0.4) is 0 Å². The number of hydrogen-bond donors (Lipinski definition) is 1. The molecule has 1 aliphatic heterocycles. The summed E-state index contributed by atoms with van der Waals surface area (Å²) in [4.78, 5) is 16.2. The van der Waals surface area contributed by atoms with Gasteiger partial charge in [-0.2, -0.15) is 10.2 Å². The molecule has 0 bridgehead atoms. The number of fused-ring (bicyclic) bond motifs is 1. The zero-order valence-corrected chi connectivity index (χ0v) is 16.3. The highest BCUT2D eigenvalue weighted by Gasteiger charge is 2.11. The van der Waals surface area contributed by atoms with Crippen molar-refractivity contribution in [2.45, 2.75) is 25.7 Å². The molecule has 1 saturated heterocycles. The van der Waals surface area contributed by atoms with Gasteiger partial charge in [-0.15, -0.1) is 0 Å². The minimum atomic E-state index is 0.0897. The normalized spacial score (nSPS) is 14.3. The lowest BCUT2D eigenvalue weighted by Crippen LogP contribution is -2.29. The fraction of sp³-hybridized carbons (Fsp3) is 0.368. The van der Waals surface area contributed by atoms with E-state index in [1.807, 2.05) is 30.4 Å². The summed E-state index contributed by atoms with van der Waals surface area (Å²) < 4.78 is 4.19. The van der Waals surface area contributed by atoms with Gasteiger partial charge in [-0.3, -0.25) is 9.48 Å². The molecule has 142 valence electrons. The second kappa shape index (κ2) is 8.77. The highest BCUT2D eigenvalue weighted by atomic mass is 32.1. The minimum absolute atomic E-state index is 0.0897. The Morgan fingerprint density at radius 1 is 1.22 bits per heavy atom. The number of aromatic amines is 1. The van der Waals surface area contributed by atoms with Crippen LogP contribution in [0.1, 0.15) is 25.7 Å². The zero-order chi connectivity index (χ0) is 19.2. The van der Waals surface area contributed by atoms with Crippen molar-refractivity contribution in [1.29, 1.82) is 0 Å². The van der Waals surface area contributed by atoms with Gasteiger partial charge in [0, 0.05) is 31.9 Å². The van der Waals surface area contributed by atoms with Crippen LogP contribution in [0.4, 0.5) is 0 Å². The Kier molecular flexibility index (Phi) is 6.18. The number of carbonyl (C=O) groups is 1. The van der Waals surface area contributed by atoms with Crippen molar-refractivity contribution in [2.75, 3.05) is 13.1 Å². The topological polar surface area (TPSA) is 71.2 Å². The molecule has 1 N–H and O–H groups in total. The van der Waals surface area contributed by atoms with Crippen molar-refractivity contribution in [3.8, 4) is 11.3 Å². The van der Waals surface area contributed by atoms with Crippen LogP contribution < -0.4 is 0 Å². The lowest BCUT2D eigenvalue weighted by molar-refractivity contribution is -0.125. The van der Waals surface area contributed by atoms with Gasteiger partial charge in [0.1, 0.15) is 10.2 Å². The molecule has 0 unspecified atom stereocenters. The van der Waals surface area contributed by atoms with Crippen molar-refractivity contribution in [3.05, 3.63) is 48.1 Å². The van der Waals surface area contributed by atoms with Gasteiger partial charge in [0.05, 0.1) is 24.3 Å². The smallest absolute Gasteiger partial charge is 0.245 e. The molecule has 1 amide bonds. The van der Waals surface area contributed by atoms with Crippen molar-refractivity contribution in [3.63, 3.8) is 0 Å². The lowest BCUT2D eigenvalue weighted by Gasteiger charge is -2.17. The van der Waals surface area contributed by atoms with Crippen LogP contribution in [0.25, 0.3) is 16.8 Å². The van der Waals surface area contributed by atoms with Crippen molar-refractivity contribution >= 4 is 23.6 Å². The van der Waals surface area contributed by atoms with Gasteiger partial charge in [-0.1, -0.05) is 31.6 Å². The highest BCUT2D eigenvalue weighted by molar-refractivity contribution is 7.71. The summed E-state index contributed by atoms with van der Waals surface area (Å²) in [6.07, 6.45) is 13.6. The molecule has 4 heterocycles. The third kappa shape index (κ3) is 4.71. The SMILES string of the molecule is C=CC(=O)N1CCCCCC1.Cn1cc(-c2cn3nccc3c(=S)[nH]2)cn1. The predicted octanol–water partition coefficient (Wildman–Crippen LogP) is 3.37. The van der Waals surface area contributed by atoms with Gasteiger partial charge in [0.25, 0.3) is 0 Å². The molecular weight excluding hydrogens is 360 g/mol. The highest BCUT2D eigenvalue weighted by Crippen LogP contribution is 2.16. The van der Waals surface area contributed by atoms with Gasteiger partial charge >= 0.3 is 0 Å². The lowest BCUT2D eigenvalue weighted by atomic mass is 10.2. The van der Waals surface area contributed by atoms with Crippen LogP contribution in [0.15, 0.2) is 43.5 Å². The van der Waals surface area contributed by atoms with Gasteiger partial charge in [-0.25, -0.2) is 4.52 Å². The summed E-state index contributed by atoms with van der Waals surface area (Å²) in [6, 6.07) is 1.88. The van der Waals surface area contributed by atoms with E-state index in [0.29, 0.717) is 4.64 Å². The average molecular weight is 385 g/mol. The quantitative estimate of drug-likeness (QED) is 0.543. The summed E-state index contributed by atoms with van der Waals surface area (Å²) >= 11 is 5.26. The van der Waals surface area contributed by atoms with E-state index in [4.69, 9.17) is 12.2 Å². The second-order valence-electron chi connectivity index (χ2n) is 6.50. The maximum atomic E-state index is 11.1. The Bertz CT molecular complexity index is 977. The summed E-state index contributed by atoms with van der Waals surface area (Å²) in [5, 5.41) is 8.30. The largest absolute Gasteiger partial charge is 0.343 e. The summed E-state index contributed by atoms with van der Waals surface area (Å²) in [7, 11) is 1.88. The van der Waals surface area contributed by atoms with E-state index >= 15 is 0 Å². The maximum Gasteiger partial charge on any atom is 0.245 e. The minimum Gasteiger partial charge on any atom is -0.343 e. The second-order valence-corrected chi connectivity index (χ2v) is 6.91. The summed E-state index contributed by atoms with van der Waals surface area (Å²) in [5.74, 6) is 0.0897. The molecular formula is C19H24N6OS. The van der Waals surface area contributed by atoms with Gasteiger partial charge in [0.2, 0.25) is 5.91 Å². The molecule has 0 spiro atoms. The third-order valence-corrected chi connectivity index (χ3v) is 4.82. The first-order chi connectivity index (χ1) is 13.1. The number of amides is 1. The zero-order valence-electron chi connectivity index (χ0n) is 15.5. The third-order valence-electron chi connectivity index (χ3n) is 4.51. The van der Waals surface area contributed by atoms with Crippen LogP contribution >= 0.6 is 12.2 Å². The number of nitrogens with one attached hydrogen (secondary N) is 1. The molecule has 1 aliphatic rings. The van der Waals surface area contributed by atoms with E-state index in [9.17, 15) is 4.79 Å². The Balaban J connectivity index is 0.000000168. The first-order valence-corrected chi connectivity index (χ1v) is 9.46. The molecule has 0 saturated carbocycles. The monoisotopic (exact) mass is 384 g/mol. The molecule has 0 radical (unpaired) electrons. The predicted molar refractivity (Wildman–Crippen MR) is 108 cm³/mol. The van der Waals surface area contributed by atoms with Crippen molar-refractivity contribution in [2.24, 2.45) is 7.05 Å². The number of aromatic nitrogens is 5. The summed E-state index contributed by atoms with van der Waals surface area (Å²) in [5.41, 5.74) is 2.81. The Hall–Kier alpha value is -2.74. The Morgan fingerprint density at radius 2 is 1.96 bits per heavy atom. The molecule has 0 aliphatic carbocycles. The molecule has 27 heavy (non-hydrogen) atoms. The van der Waals surface area contributed by atoms with E-state index in [0.717, 1.165) is 42.7 Å². The van der Waals surface area contributed by atoms with Gasteiger partial charge in [0.15, 0.2) is 0 Å². The van der Waals surface area contributed by atoms with Crippen LogP contribution in [-0.4, -0.2) is 48.3 Å².